The molecule has 1 aliphatic rings. The molecule has 0 saturated carbocycles. The lowest BCUT2D eigenvalue weighted by Crippen LogP contribution is -2.43. The average molecular weight is 387 g/mol. The van der Waals surface area contributed by atoms with Crippen molar-refractivity contribution in [1.82, 2.24) is 4.31 Å². The smallest absolute Gasteiger partial charge is 0.243 e. The van der Waals surface area contributed by atoms with Crippen LogP contribution in [0.15, 0.2) is 53.4 Å². The molecule has 0 spiro atoms. The molecule has 0 radical (unpaired) electrons. The van der Waals surface area contributed by atoms with E-state index in [2.05, 4.69) is 5.32 Å². The first-order valence-electron chi connectivity index (χ1n) is 9.37. The van der Waals surface area contributed by atoms with E-state index in [-0.39, 0.29) is 23.3 Å². The monoisotopic (exact) mass is 386 g/mol. The van der Waals surface area contributed by atoms with E-state index in [9.17, 15) is 13.2 Å². The summed E-state index contributed by atoms with van der Waals surface area (Å²) in [6.45, 7) is 4.63. The van der Waals surface area contributed by atoms with Gasteiger partial charge in [0.2, 0.25) is 15.9 Å². The number of rotatable bonds is 5. The van der Waals surface area contributed by atoms with Gasteiger partial charge in [0.1, 0.15) is 0 Å². The fourth-order valence-corrected chi connectivity index (χ4v) is 4.94. The van der Waals surface area contributed by atoms with Crippen molar-refractivity contribution in [2.75, 3.05) is 18.4 Å². The van der Waals surface area contributed by atoms with E-state index in [1.165, 1.54) is 4.31 Å². The van der Waals surface area contributed by atoms with Crippen LogP contribution in [0.3, 0.4) is 0 Å². The summed E-state index contributed by atoms with van der Waals surface area (Å²) in [5.74, 6) is -0.455. The summed E-state index contributed by atoms with van der Waals surface area (Å²) in [5, 5.41) is 2.99. The number of hydrogen-bond donors (Lipinski definition) is 1. The second-order valence-electron chi connectivity index (χ2n) is 7.02. The van der Waals surface area contributed by atoms with Crippen LogP contribution in [0.5, 0.6) is 0 Å². The van der Waals surface area contributed by atoms with Gasteiger partial charge in [-0.3, -0.25) is 4.79 Å². The van der Waals surface area contributed by atoms with Crippen molar-refractivity contribution in [1.29, 1.82) is 0 Å². The quantitative estimate of drug-likeness (QED) is 0.854. The Kier molecular flexibility index (Phi) is 5.97. The van der Waals surface area contributed by atoms with Crippen LogP contribution in [0, 0.1) is 12.8 Å². The molecule has 2 aromatic rings. The molecule has 1 heterocycles. The van der Waals surface area contributed by atoms with Gasteiger partial charge in [-0.2, -0.15) is 4.31 Å². The van der Waals surface area contributed by atoms with E-state index in [4.69, 9.17) is 0 Å². The van der Waals surface area contributed by atoms with Crippen LogP contribution in [0.1, 0.15) is 30.9 Å². The molecule has 0 bridgehead atoms. The van der Waals surface area contributed by atoms with E-state index < -0.39 is 10.0 Å². The number of piperidine rings is 1. The Bertz CT molecular complexity index is 907. The maximum absolute atomic E-state index is 12.9. The lowest BCUT2D eigenvalue weighted by atomic mass is 9.98. The molecule has 1 amide bonds. The Morgan fingerprint density at radius 1 is 1.15 bits per heavy atom. The predicted molar refractivity (Wildman–Crippen MR) is 107 cm³/mol. The number of hydrogen-bond acceptors (Lipinski definition) is 3. The number of sulfonamides is 1. The standard InChI is InChI=1S/C21H26N2O3S/c1-3-17-7-4-5-9-20(17)22-21(24)18-8-6-14-23(15-18)27(25,26)19-12-10-16(2)11-13-19/h4-5,7,9-13,18H,3,6,8,14-15H2,1-2H3,(H,22,24). The first-order valence-corrected chi connectivity index (χ1v) is 10.8. The zero-order valence-electron chi connectivity index (χ0n) is 15.8. The third kappa shape index (κ3) is 4.39. The molecule has 3 rings (SSSR count). The van der Waals surface area contributed by atoms with Gasteiger partial charge in [-0.1, -0.05) is 42.8 Å². The normalized spacial score (nSPS) is 18.2. The molecule has 1 fully saturated rings. The SMILES string of the molecule is CCc1ccccc1NC(=O)C1CCCN(S(=O)(=O)c2ccc(C)cc2)C1. The van der Waals surface area contributed by atoms with Gasteiger partial charge in [0.15, 0.2) is 0 Å². The van der Waals surface area contributed by atoms with Crippen molar-refractivity contribution in [3.8, 4) is 0 Å². The Hall–Kier alpha value is -2.18. The summed E-state index contributed by atoms with van der Waals surface area (Å²) < 4.78 is 27.3. The minimum absolute atomic E-state index is 0.111. The highest BCUT2D eigenvalue weighted by molar-refractivity contribution is 7.89. The lowest BCUT2D eigenvalue weighted by molar-refractivity contribution is -0.120. The van der Waals surface area contributed by atoms with Gasteiger partial charge in [-0.15, -0.1) is 0 Å². The van der Waals surface area contributed by atoms with E-state index in [1.807, 2.05) is 38.1 Å². The molecule has 1 unspecified atom stereocenters. The van der Waals surface area contributed by atoms with Crippen LogP contribution < -0.4 is 5.32 Å². The Labute approximate surface area is 161 Å². The number of anilines is 1. The van der Waals surface area contributed by atoms with Crippen molar-refractivity contribution in [2.24, 2.45) is 5.92 Å². The lowest BCUT2D eigenvalue weighted by Gasteiger charge is -2.31. The van der Waals surface area contributed by atoms with Gasteiger partial charge in [0, 0.05) is 18.8 Å². The van der Waals surface area contributed by atoms with Crippen LogP contribution in [0.25, 0.3) is 0 Å². The third-order valence-electron chi connectivity index (χ3n) is 5.07. The van der Waals surface area contributed by atoms with Crippen LogP contribution in [0.2, 0.25) is 0 Å². The molecule has 1 saturated heterocycles. The molecule has 1 atom stereocenters. The molecular formula is C21H26N2O3S. The summed E-state index contributed by atoms with van der Waals surface area (Å²) in [7, 11) is -3.58. The molecular weight excluding hydrogens is 360 g/mol. The zero-order chi connectivity index (χ0) is 19.4. The van der Waals surface area contributed by atoms with Gasteiger partial charge in [-0.25, -0.2) is 8.42 Å². The van der Waals surface area contributed by atoms with E-state index >= 15 is 0 Å². The Morgan fingerprint density at radius 2 is 1.85 bits per heavy atom. The molecule has 2 aromatic carbocycles. The highest BCUT2D eigenvalue weighted by atomic mass is 32.2. The number of amides is 1. The second-order valence-corrected chi connectivity index (χ2v) is 8.95. The number of nitrogens with zero attached hydrogens (tertiary/aromatic N) is 1. The molecule has 5 nitrogen and oxygen atoms in total. The van der Waals surface area contributed by atoms with Gasteiger partial charge in [-0.05, 0) is 49.9 Å². The van der Waals surface area contributed by atoms with Gasteiger partial charge in [0.05, 0.1) is 10.8 Å². The third-order valence-corrected chi connectivity index (χ3v) is 6.95. The number of aryl methyl sites for hydroxylation is 2. The van der Waals surface area contributed by atoms with Crippen LogP contribution in [-0.2, 0) is 21.2 Å². The topological polar surface area (TPSA) is 66.5 Å². The predicted octanol–water partition coefficient (Wildman–Crippen LogP) is 3.60. The van der Waals surface area contributed by atoms with Crippen LogP contribution in [0.4, 0.5) is 5.69 Å². The number of carbonyl (C=O) groups excluding carboxylic acids is 1. The molecule has 0 aliphatic carbocycles. The number of nitrogens with one attached hydrogen (secondary N) is 1. The minimum atomic E-state index is -3.58. The summed E-state index contributed by atoms with van der Waals surface area (Å²) >= 11 is 0. The first kappa shape index (κ1) is 19.6. The number of benzene rings is 2. The Morgan fingerprint density at radius 3 is 2.56 bits per heavy atom. The minimum Gasteiger partial charge on any atom is -0.326 e. The first-order chi connectivity index (χ1) is 12.9. The fourth-order valence-electron chi connectivity index (χ4n) is 3.42. The average Bonchev–Trinajstić information content (AvgIpc) is 2.69. The van der Waals surface area contributed by atoms with Crippen LogP contribution >= 0.6 is 0 Å². The number of para-hydroxylation sites is 1. The summed E-state index contributed by atoms with van der Waals surface area (Å²) in [6, 6.07) is 14.6. The summed E-state index contributed by atoms with van der Waals surface area (Å²) in [4.78, 5) is 13.0. The fraction of sp³-hybridized carbons (Fsp3) is 0.381. The van der Waals surface area contributed by atoms with E-state index in [1.54, 1.807) is 24.3 Å². The van der Waals surface area contributed by atoms with Gasteiger partial charge < -0.3 is 5.32 Å². The highest BCUT2D eigenvalue weighted by Gasteiger charge is 2.33. The maximum Gasteiger partial charge on any atom is 0.243 e. The Balaban J connectivity index is 1.73. The van der Waals surface area contributed by atoms with Crippen molar-refractivity contribution in [3.05, 3.63) is 59.7 Å². The summed E-state index contributed by atoms with van der Waals surface area (Å²) in [5.41, 5.74) is 2.90. The zero-order valence-corrected chi connectivity index (χ0v) is 16.6. The number of carbonyl (C=O) groups is 1. The summed E-state index contributed by atoms with van der Waals surface area (Å²) in [6.07, 6.45) is 2.20. The van der Waals surface area contributed by atoms with E-state index in [0.717, 1.165) is 23.2 Å². The van der Waals surface area contributed by atoms with E-state index in [0.29, 0.717) is 19.4 Å². The molecule has 6 heteroatoms. The van der Waals surface area contributed by atoms with Gasteiger partial charge >= 0.3 is 0 Å². The van der Waals surface area contributed by atoms with Crippen molar-refractivity contribution in [2.45, 2.75) is 38.0 Å². The van der Waals surface area contributed by atoms with Crippen molar-refractivity contribution in [3.63, 3.8) is 0 Å². The molecule has 1 N–H and O–H groups in total. The van der Waals surface area contributed by atoms with Crippen LogP contribution in [-0.4, -0.2) is 31.7 Å². The molecule has 144 valence electrons. The highest BCUT2D eigenvalue weighted by Crippen LogP contribution is 2.25. The van der Waals surface area contributed by atoms with Crippen molar-refractivity contribution < 1.29 is 13.2 Å². The van der Waals surface area contributed by atoms with Crippen molar-refractivity contribution >= 4 is 21.6 Å². The van der Waals surface area contributed by atoms with Gasteiger partial charge in [0.25, 0.3) is 0 Å². The molecule has 27 heavy (non-hydrogen) atoms. The molecule has 0 aromatic heterocycles. The second kappa shape index (κ2) is 8.23. The maximum atomic E-state index is 12.9. The molecule has 1 aliphatic heterocycles. The largest absolute Gasteiger partial charge is 0.326 e.